The second-order valence-electron chi connectivity index (χ2n) is 6.44. The van der Waals surface area contributed by atoms with Crippen molar-refractivity contribution in [2.75, 3.05) is 24.6 Å². The first-order valence-corrected chi connectivity index (χ1v) is 8.78. The number of fused-ring (bicyclic) bond motifs is 1. The molecule has 0 aliphatic carbocycles. The van der Waals surface area contributed by atoms with Gasteiger partial charge in [-0.3, -0.25) is 9.78 Å². The van der Waals surface area contributed by atoms with Gasteiger partial charge in [0.25, 0.3) is 0 Å². The van der Waals surface area contributed by atoms with Gasteiger partial charge in [0.1, 0.15) is 5.82 Å². The molecule has 0 saturated carbocycles. The Kier molecular flexibility index (Phi) is 4.50. The summed E-state index contributed by atoms with van der Waals surface area (Å²) in [4.78, 5) is 23.1. The smallest absolute Gasteiger partial charge is 0.314 e. The highest BCUT2D eigenvalue weighted by Gasteiger charge is 2.28. The number of anilines is 1. The largest absolute Gasteiger partial charge is 0.489 e. The molecule has 0 N–H and O–H groups in total. The van der Waals surface area contributed by atoms with Gasteiger partial charge < -0.3 is 14.4 Å². The van der Waals surface area contributed by atoms with Gasteiger partial charge in [0, 0.05) is 25.5 Å². The lowest BCUT2D eigenvalue weighted by molar-refractivity contribution is -0.139. The molecule has 0 amide bonds. The van der Waals surface area contributed by atoms with Crippen LogP contribution in [-0.2, 0) is 11.2 Å². The fourth-order valence-corrected chi connectivity index (χ4v) is 3.43. The Morgan fingerprint density at radius 3 is 2.92 bits per heavy atom. The van der Waals surface area contributed by atoms with Gasteiger partial charge in [-0.1, -0.05) is 12.1 Å². The summed E-state index contributed by atoms with van der Waals surface area (Å²) in [6, 6.07) is 5.77. The van der Waals surface area contributed by atoms with Gasteiger partial charge in [0.15, 0.2) is 11.5 Å². The molecule has 6 nitrogen and oxygen atoms in total. The molecule has 2 aromatic rings. The maximum Gasteiger partial charge on any atom is 0.314 e. The second kappa shape index (κ2) is 7.09. The molecule has 0 bridgehead atoms. The second-order valence-corrected chi connectivity index (χ2v) is 6.44. The molecule has 2 aliphatic rings. The number of hydrogen-bond acceptors (Lipinski definition) is 6. The Labute approximate surface area is 146 Å². The van der Waals surface area contributed by atoms with E-state index in [-0.39, 0.29) is 11.9 Å². The molecular formula is C19H21N3O3. The van der Waals surface area contributed by atoms with E-state index in [1.165, 1.54) is 0 Å². The quantitative estimate of drug-likeness (QED) is 0.633. The van der Waals surface area contributed by atoms with E-state index in [0.717, 1.165) is 55.9 Å². The van der Waals surface area contributed by atoms with Crippen LogP contribution in [0.5, 0.6) is 11.5 Å². The Hall–Kier alpha value is -2.63. The van der Waals surface area contributed by atoms with Gasteiger partial charge in [-0.15, -0.1) is 0 Å². The first kappa shape index (κ1) is 15.9. The van der Waals surface area contributed by atoms with E-state index in [1.54, 1.807) is 18.6 Å². The highest BCUT2D eigenvalue weighted by molar-refractivity contribution is 5.76. The number of para-hydroxylation sites is 1. The highest BCUT2D eigenvalue weighted by atomic mass is 16.6. The standard InChI is InChI=1S/C19H21N3O3/c23-19(25-16-5-1-3-14-4-2-12-24-18(14)16)15-6-10-22(11-7-15)17-13-20-8-9-21-17/h1,3,5,8-9,13,15H,2,4,6-7,10-12H2. The highest BCUT2D eigenvalue weighted by Crippen LogP contribution is 2.35. The van der Waals surface area contributed by atoms with Gasteiger partial charge in [-0.2, -0.15) is 0 Å². The summed E-state index contributed by atoms with van der Waals surface area (Å²) >= 11 is 0. The van der Waals surface area contributed by atoms with Crippen molar-refractivity contribution in [2.45, 2.75) is 25.7 Å². The van der Waals surface area contributed by atoms with E-state index in [1.807, 2.05) is 18.2 Å². The van der Waals surface area contributed by atoms with Crippen LogP contribution in [0, 0.1) is 5.92 Å². The summed E-state index contributed by atoms with van der Waals surface area (Å²) in [5.74, 6) is 1.89. The number of ether oxygens (including phenoxy) is 2. The maximum atomic E-state index is 12.6. The van der Waals surface area contributed by atoms with Gasteiger partial charge in [-0.25, -0.2) is 4.98 Å². The number of aryl methyl sites for hydroxylation is 1. The van der Waals surface area contributed by atoms with E-state index >= 15 is 0 Å². The average molecular weight is 339 g/mol. The minimum atomic E-state index is -0.165. The molecule has 130 valence electrons. The van der Waals surface area contributed by atoms with Crippen LogP contribution in [-0.4, -0.2) is 35.6 Å². The van der Waals surface area contributed by atoms with Gasteiger partial charge in [0.2, 0.25) is 0 Å². The van der Waals surface area contributed by atoms with Crippen LogP contribution >= 0.6 is 0 Å². The Balaban J connectivity index is 1.38. The van der Waals surface area contributed by atoms with E-state index in [2.05, 4.69) is 14.9 Å². The van der Waals surface area contributed by atoms with Crippen molar-refractivity contribution >= 4 is 11.8 Å². The molecule has 25 heavy (non-hydrogen) atoms. The lowest BCUT2D eigenvalue weighted by atomic mass is 9.97. The summed E-state index contributed by atoms with van der Waals surface area (Å²) in [5, 5.41) is 0. The molecule has 6 heteroatoms. The normalized spacial score (nSPS) is 17.5. The fourth-order valence-electron chi connectivity index (χ4n) is 3.43. The van der Waals surface area contributed by atoms with Crippen molar-refractivity contribution in [3.63, 3.8) is 0 Å². The van der Waals surface area contributed by atoms with Crippen molar-refractivity contribution in [2.24, 2.45) is 5.92 Å². The van der Waals surface area contributed by atoms with Gasteiger partial charge in [0.05, 0.1) is 18.7 Å². The number of esters is 1. The molecule has 1 aromatic carbocycles. The maximum absolute atomic E-state index is 12.6. The summed E-state index contributed by atoms with van der Waals surface area (Å²) in [7, 11) is 0. The third kappa shape index (κ3) is 3.43. The average Bonchev–Trinajstić information content (AvgIpc) is 2.69. The number of carbonyl (C=O) groups excluding carboxylic acids is 1. The van der Waals surface area contributed by atoms with Gasteiger partial charge in [-0.05, 0) is 37.3 Å². The molecule has 0 unspecified atom stereocenters. The first-order chi connectivity index (χ1) is 12.3. The summed E-state index contributed by atoms with van der Waals surface area (Å²) in [6.45, 7) is 2.24. The number of piperidine rings is 1. The molecule has 0 radical (unpaired) electrons. The molecule has 0 atom stereocenters. The summed E-state index contributed by atoms with van der Waals surface area (Å²) in [6.07, 6.45) is 8.59. The van der Waals surface area contributed by atoms with Crippen LogP contribution in [0.2, 0.25) is 0 Å². The van der Waals surface area contributed by atoms with Crippen LogP contribution in [0.4, 0.5) is 5.82 Å². The molecule has 1 fully saturated rings. The Morgan fingerprint density at radius 2 is 2.12 bits per heavy atom. The van der Waals surface area contributed by atoms with E-state index in [9.17, 15) is 4.79 Å². The monoisotopic (exact) mass is 339 g/mol. The predicted octanol–water partition coefficient (Wildman–Crippen LogP) is 2.62. The molecule has 0 spiro atoms. The molecule has 4 rings (SSSR count). The third-order valence-corrected chi connectivity index (χ3v) is 4.81. The Bertz CT molecular complexity index is 743. The van der Waals surface area contributed by atoms with Gasteiger partial charge >= 0.3 is 5.97 Å². The number of carbonyl (C=O) groups is 1. The van der Waals surface area contributed by atoms with E-state index in [4.69, 9.17) is 9.47 Å². The number of rotatable bonds is 3. The summed E-state index contributed by atoms with van der Waals surface area (Å²) in [5.41, 5.74) is 1.12. The first-order valence-electron chi connectivity index (χ1n) is 8.78. The van der Waals surface area contributed by atoms with Crippen molar-refractivity contribution in [3.05, 3.63) is 42.4 Å². The van der Waals surface area contributed by atoms with E-state index < -0.39 is 0 Å². The summed E-state index contributed by atoms with van der Waals surface area (Å²) < 4.78 is 11.4. The minimum absolute atomic E-state index is 0.0904. The van der Waals surface area contributed by atoms with Crippen LogP contribution < -0.4 is 14.4 Å². The molecule has 1 aromatic heterocycles. The van der Waals surface area contributed by atoms with Crippen LogP contribution in [0.1, 0.15) is 24.8 Å². The number of benzene rings is 1. The van der Waals surface area contributed by atoms with Crippen molar-refractivity contribution < 1.29 is 14.3 Å². The van der Waals surface area contributed by atoms with Crippen molar-refractivity contribution in [1.82, 2.24) is 9.97 Å². The van der Waals surface area contributed by atoms with Crippen LogP contribution in [0.3, 0.4) is 0 Å². The zero-order chi connectivity index (χ0) is 17.1. The van der Waals surface area contributed by atoms with Crippen molar-refractivity contribution in [3.8, 4) is 11.5 Å². The van der Waals surface area contributed by atoms with Crippen molar-refractivity contribution in [1.29, 1.82) is 0 Å². The lowest BCUT2D eigenvalue weighted by Crippen LogP contribution is -2.38. The SMILES string of the molecule is O=C(Oc1cccc2c1OCCC2)C1CCN(c2cnccn2)CC1. The Morgan fingerprint density at radius 1 is 1.24 bits per heavy atom. The van der Waals surface area contributed by atoms with Crippen LogP contribution in [0.15, 0.2) is 36.8 Å². The van der Waals surface area contributed by atoms with E-state index in [0.29, 0.717) is 12.4 Å². The molecule has 2 aliphatic heterocycles. The minimum Gasteiger partial charge on any atom is -0.489 e. The number of nitrogens with zero attached hydrogens (tertiary/aromatic N) is 3. The molecular weight excluding hydrogens is 318 g/mol. The molecule has 3 heterocycles. The molecule has 1 saturated heterocycles. The number of aromatic nitrogens is 2. The zero-order valence-electron chi connectivity index (χ0n) is 14.1. The fraction of sp³-hybridized carbons (Fsp3) is 0.421. The number of hydrogen-bond donors (Lipinski definition) is 0. The topological polar surface area (TPSA) is 64.6 Å². The van der Waals surface area contributed by atoms with Crippen LogP contribution in [0.25, 0.3) is 0 Å². The predicted molar refractivity (Wildman–Crippen MR) is 92.9 cm³/mol. The zero-order valence-corrected chi connectivity index (χ0v) is 14.1. The lowest BCUT2D eigenvalue weighted by Gasteiger charge is -2.31. The third-order valence-electron chi connectivity index (χ3n) is 4.81.